The number of pyridine rings is 1. The van der Waals surface area contributed by atoms with Crippen molar-refractivity contribution in [1.82, 2.24) is 15.2 Å². The van der Waals surface area contributed by atoms with E-state index in [-0.39, 0.29) is 24.7 Å². The molecular formula is C25H33N3O4. The molecule has 2 atom stereocenters. The van der Waals surface area contributed by atoms with Crippen LogP contribution >= 0.6 is 0 Å². The van der Waals surface area contributed by atoms with E-state index in [2.05, 4.69) is 15.2 Å². The second-order valence-corrected chi connectivity index (χ2v) is 9.63. The number of nitrogens with one attached hydrogen (secondary N) is 1. The Kier molecular flexibility index (Phi) is 6.55. The van der Waals surface area contributed by atoms with Crippen LogP contribution in [0.3, 0.4) is 0 Å². The molecule has 1 saturated heterocycles. The molecule has 1 aromatic carbocycles. The average Bonchev–Trinajstić information content (AvgIpc) is 3.25. The molecule has 32 heavy (non-hydrogen) atoms. The molecule has 1 N–H and O–H groups in total. The third-order valence-electron chi connectivity index (χ3n) is 6.11. The van der Waals surface area contributed by atoms with Crippen LogP contribution in [0.2, 0.25) is 0 Å². The van der Waals surface area contributed by atoms with Crippen molar-refractivity contribution in [1.29, 1.82) is 0 Å². The molecule has 2 aliphatic heterocycles. The third-order valence-corrected chi connectivity index (χ3v) is 6.11. The molecule has 0 aliphatic carbocycles. The van der Waals surface area contributed by atoms with Crippen LogP contribution in [0.25, 0.3) is 0 Å². The normalized spacial score (nSPS) is 19.4. The first kappa shape index (κ1) is 22.4. The maximum atomic E-state index is 12.9. The zero-order valence-corrected chi connectivity index (χ0v) is 19.4. The van der Waals surface area contributed by atoms with Crippen LogP contribution in [0.1, 0.15) is 50.9 Å². The van der Waals surface area contributed by atoms with Crippen molar-refractivity contribution in [3.05, 3.63) is 47.8 Å². The van der Waals surface area contributed by atoms with Gasteiger partial charge in [-0.15, -0.1) is 0 Å². The van der Waals surface area contributed by atoms with E-state index in [0.29, 0.717) is 11.5 Å². The summed E-state index contributed by atoms with van der Waals surface area (Å²) in [7, 11) is 1.65. The standard InChI is InChI=1S/C25H33N3O4/c1-25(2,3)24(29)27-22(19-9-5-6-10-26-19)18-8-7-11-28(15-18)14-17-12-20(30-4)23-21(13-17)31-16-32-23/h5-6,9-10,12-13,18,22H,7-8,11,14-16H2,1-4H3,(H,27,29)/t18-,22-/m1/s1. The number of carbonyl (C=O) groups is 1. The Labute approximate surface area is 190 Å². The summed E-state index contributed by atoms with van der Waals surface area (Å²) in [5, 5.41) is 3.29. The summed E-state index contributed by atoms with van der Waals surface area (Å²) in [6.45, 7) is 8.72. The topological polar surface area (TPSA) is 72.9 Å². The van der Waals surface area contributed by atoms with Crippen molar-refractivity contribution in [2.24, 2.45) is 11.3 Å². The number of fused-ring (bicyclic) bond motifs is 1. The highest BCUT2D eigenvalue weighted by Crippen LogP contribution is 2.42. The summed E-state index contributed by atoms with van der Waals surface area (Å²) < 4.78 is 16.6. The minimum Gasteiger partial charge on any atom is -0.493 e. The molecule has 0 spiro atoms. The largest absolute Gasteiger partial charge is 0.493 e. The van der Waals surface area contributed by atoms with E-state index in [9.17, 15) is 4.79 Å². The Morgan fingerprint density at radius 2 is 2.16 bits per heavy atom. The molecule has 4 rings (SSSR count). The number of likely N-dealkylation sites (tertiary alicyclic amines) is 1. The van der Waals surface area contributed by atoms with Gasteiger partial charge in [0.15, 0.2) is 11.5 Å². The monoisotopic (exact) mass is 439 g/mol. The summed E-state index contributed by atoms with van der Waals surface area (Å²) in [4.78, 5) is 19.9. The number of amides is 1. The van der Waals surface area contributed by atoms with Crippen molar-refractivity contribution in [3.63, 3.8) is 0 Å². The highest BCUT2D eigenvalue weighted by Gasteiger charge is 2.33. The fourth-order valence-electron chi connectivity index (χ4n) is 4.39. The number of rotatable bonds is 6. The van der Waals surface area contributed by atoms with E-state index < -0.39 is 5.41 Å². The smallest absolute Gasteiger partial charge is 0.231 e. The number of hydrogen-bond acceptors (Lipinski definition) is 6. The zero-order chi connectivity index (χ0) is 22.7. The summed E-state index contributed by atoms with van der Waals surface area (Å²) >= 11 is 0. The molecule has 2 aromatic rings. The van der Waals surface area contributed by atoms with Gasteiger partial charge >= 0.3 is 0 Å². The van der Waals surface area contributed by atoms with Crippen LogP contribution in [0.4, 0.5) is 0 Å². The number of nitrogens with zero attached hydrogens (tertiary/aromatic N) is 2. The Morgan fingerprint density at radius 3 is 2.88 bits per heavy atom. The van der Waals surface area contributed by atoms with E-state index >= 15 is 0 Å². The SMILES string of the molecule is COc1cc(CN2CCC[C@@H]([C@@H](NC(=O)C(C)(C)C)c3ccccn3)C2)cc2c1OCO2. The number of piperidine rings is 1. The molecule has 1 amide bonds. The van der Waals surface area contributed by atoms with E-state index in [0.717, 1.165) is 49.5 Å². The second kappa shape index (κ2) is 9.36. The van der Waals surface area contributed by atoms with Crippen LogP contribution < -0.4 is 19.5 Å². The number of ether oxygens (including phenoxy) is 3. The Morgan fingerprint density at radius 1 is 1.31 bits per heavy atom. The van der Waals surface area contributed by atoms with Gasteiger partial charge < -0.3 is 19.5 Å². The minimum absolute atomic E-state index is 0.0470. The average molecular weight is 440 g/mol. The minimum atomic E-state index is -0.454. The maximum absolute atomic E-state index is 12.9. The van der Waals surface area contributed by atoms with Crippen LogP contribution in [0.5, 0.6) is 17.2 Å². The molecule has 172 valence electrons. The zero-order valence-electron chi connectivity index (χ0n) is 19.4. The molecule has 2 aliphatic rings. The highest BCUT2D eigenvalue weighted by molar-refractivity contribution is 5.81. The first-order valence-corrected chi connectivity index (χ1v) is 11.3. The number of carbonyl (C=O) groups excluding carboxylic acids is 1. The van der Waals surface area contributed by atoms with Gasteiger partial charge in [-0.1, -0.05) is 26.8 Å². The Balaban J connectivity index is 1.51. The molecule has 0 saturated carbocycles. The number of benzene rings is 1. The van der Waals surface area contributed by atoms with Gasteiger partial charge in [-0.25, -0.2) is 0 Å². The summed E-state index contributed by atoms with van der Waals surface area (Å²) in [5.41, 5.74) is 1.59. The van der Waals surface area contributed by atoms with E-state index in [1.165, 1.54) is 0 Å². The molecule has 7 heteroatoms. The first-order chi connectivity index (χ1) is 15.3. The maximum Gasteiger partial charge on any atom is 0.231 e. The van der Waals surface area contributed by atoms with Crippen LogP contribution in [0.15, 0.2) is 36.5 Å². The lowest BCUT2D eigenvalue weighted by Gasteiger charge is -2.38. The van der Waals surface area contributed by atoms with Crippen molar-refractivity contribution < 1.29 is 19.0 Å². The van der Waals surface area contributed by atoms with E-state index in [4.69, 9.17) is 14.2 Å². The van der Waals surface area contributed by atoms with Crippen molar-refractivity contribution >= 4 is 5.91 Å². The predicted octanol–water partition coefficient (Wildman–Crippen LogP) is 3.93. The predicted molar refractivity (Wildman–Crippen MR) is 122 cm³/mol. The molecule has 0 radical (unpaired) electrons. The summed E-state index contributed by atoms with van der Waals surface area (Å²) in [5.74, 6) is 2.43. The van der Waals surface area contributed by atoms with Crippen LogP contribution in [-0.2, 0) is 11.3 Å². The third kappa shape index (κ3) is 4.99. The van der Waals surface area contributed by atoms with Gasteiger partial charge in [0.05, 0.1) is 18.8 Å². The molecule has 7 nitrogen and oxygen atoms in total. The van der Waals surface area contributed by atoms with E-state index in [1.807, 2.05) is 51.1 Å². The fourth-order valence-corrected chi connectivity index (χ4v) is 4.39. The summed E-state index contributed by atoms with van der Waals surface area (Å²) in [6, 6.07) is 9.84. The number of hydrogen-bond donors (Lipinski definition) is 1. The van der Waals surface area contributed by atoms with Crippen LogP contribution in [-0.4, -0.2) is 42.8 Å². The molecule has 1 fully saturated rings. The van der Waals surface area contributed by atoms with Crippen molar-refractivity contribution in [2.45, 2.75) is 46.2 Å². The van der Waals surface area contributed by atoms with Crippen LogP contribution in [0, 0.1) is 11.3 Å². The van der Waals surface area contributed by atoms with Gasteiger partial charge in [0.1, 0.15) is 0 Å². The second-order valence-electron chi connectivity index (χ2n) is 9.63. The highest BCUT2D eigenvalue weighted by atomic mass is 16.7. The van der Waals surface area contributed by atoms with Gasteiger partial charge in [-0.3, -0.25) is 14.7 Å². The lowest BCUT2D eigenvalue weighted by atomic mass is 9.86. The molecule has 0 bridgehead atoms. The van der Waals surface area contributed by atoms with Gasteiger partial charge in [0, 0.05) is 24.7 Å². The van der Waals surface area contributed by atoms with Gasteiger partial charge in [-0.2, -0.15) is 0 Å². The Hall–Kier alpha value is -2.80. The van der Waals surface area contributed by atoms with Crippen molar-refractivity contribution in [2.75, 3.05) is 27.0 Å². The van der Waals surface area contributed by atoms with Gasteiger partial charge in [0.25, 0.3) is 0 Å². The lowest BCUT2D eigenvalue weighted by Crippen LogP contribution is -2.45. The van der Waals surface area contributed by atoms with Gasteiger partial charge in [0.2, 0.25) is 18.4 Å². The number of aromatic nitrogens is 1. The lowest BCUT2D eigenvalue weighted by molar-refractivity contribution is -0.130. The molecule has 1 aromatic heterocycles. The molecule has 3 heterocycles. The number of methoxy groups -OCH3 is 1. The quantitative estimate of drug-likeness (QED) is 0.735. The molecule has 0 unspecified atom stereocenters. The van der Waals surface area contributed by atoms with E-state index in [1.54, 1.807) is 13.3 Å². The molecular weight excluding hydrogens is 406 g/mol. The summed E-state index contributed by atoms with van der Waals surface area (Å²) in [6.07, 6.45) is 3.92. The van der Waals surface area contributed by atoms with Gasteiger partial charge in [-0.05, 0) is 55.1 Å². The fraction of sp³-hybridized carbons (Fsp3) is 0.520. The Bertz CT molecular complexity index is 942. The first-order valence-electron chi connectivity index (χ1n) is 11.3. The van der Waals surface area contributed by atoms with Crippen molar-refractivity contribution in [3.8, 4) is 17.2 Å².